The fourth-order valence-electron chi connectivity index (χ4n) is 2.42. The Kier molecular flexibility index (Phi) is 3.78. The monoisotopic (exact) mass is 295 g/mol. The SMILES string of the molecule is CCOc1ccccc1NC(=O)c1c(C)nc2ccccn12. The third-order valence-corrected chi connectivity index (χ3v) is 3.35. The Morgan fingerprint density at radius 1 is 1.23 bits per heavy atom. The molecule has 0 unspecified atom stereocenters. The molecule has 5 nitrogen and oxygen atoms in total. The van der Waals surface area contributed by atoms with Crippen LogP contribution < -0.4 is 10.1 Å². The van der Waals surface area contributed by atoms with Crippen molar-refractivity contribution in [1.29, 1.82) is 0 Å². The van der Waals surface area contributed by atoms with Gasteiger partial charge >= 0.3 is 0 Å². The van der Waals surface area contributed by atoms with E-state index in [1.165, 1.54) is 0 Å². The summed E-state index contributed by atoms with van der Waals surface area (Å²) >= 11 is 0. The van der Waals surface area contributed by atoms with Gasteiger partial charge in [0.15, 0.2) is 0 Å². The van der Waals surface area contributed by atoms with E-state index in [1.807, 2.05) is 62.5 Å². The standard InChI is InChI=1S/C17H17N3O2/c1-3-22-14-9-5-4-8-13(14)19-17(21)16-12(2)18-15-10-6-7-11-20(15)16/h4-11H,3H2,1-2H3,(H,19,21). The van der Waals surface area contributed by atoms with Gasteiger partial charge in [0.25, 0.3) is 5.91 Å². The number of hydrogen-bond acceptors (Lipinski definition) is 3. The minimum atomic E-state index is -0.205. The van der Waals surface area contributed by atoms with E-state index < -0.39 is 0 Å². The van der Waals surface area contributed by atoms with Crippen molar-refractivity contribution in [2.45, 2.75) is 13.8 Å². The maximum atomic E-state index is 12.6. The van der Waals surface area contributed by atoms with E-state index in [0.29, 0.717) is 29.4 Å². The van der Waals surface area contributed by atoms with Gasteiger partial charge in [-0.3, -0.25) is 9.20 Å². The molecule has 2 aromatic heterocycles. The fourth-order valence-corrected chi connectivity index (χ4v) is 2.42. The van der Waals surface area contributed by atoms with Gasteiger partial charge in [-0.1, -0.05) is 18.2 Å². The molecule has 0 fully saturated rings. The number of pyridine rings is 1. The number of benzene rings is 1. The number of para-hydroxylation sites is 2. The van der Waals surface area contributed by atoms with Gasteiger partial charge in [0, 0.05) is 6.20 Å². The number of aryl methyl sites for hydroxylation is 1. The number of aromatic nitrogens is 2. The molecule has 3 rings (SSSR count). The third kappa shape index (κ3) is 2.53. The summed E-state index contributed by atoms with van der Waals surface area (Å²) in [7, 11) is 0. The van der Waals surface area contributed by atoms with E-state index >= 15 is 0 Å². The van der Waals surface area contributed by atoms with E-state index in [9.17, 15) is 4.79 Å². The van der Waals surface area contributed by atoms with Gasteiger partial charge in [-0.05, 0) is 38.1 Å². The molecule has 0 saturated heterocycles. The number of nitrogens with one attached hydrogen (secondary N) is 1. The van der Waals surface area contributed by atoms with E-state index in [0.717, 1.165) is 5.65 Å². The van der Waals surface area contributed by atoms with Crippen molar-refractivity contribution in [3.8, 4) is 5.75 Å². The highest BCUT2D eigenvalue weighted by Crippen LogP contribution is 2.24. The Morgan fingerprint density at radius 2 is 2.00 bits per heavy atom. The Balaban J connectivity index is 1.96. The minimum Gasteiger partial charge on any atom is -0.492 e. The Labute approximate surface area is 128 Å². The summed E-state index contributed by atoms with van der Waals surface area (Å²) in [6, 6.07) is 13.0. The van der Waals surface area contributed by atoms with Crippen molar-refractivity contribution >= 4 is 17.2 Å². The van der Waals surface area contributed by atoms with Crippen molar-refractivity contribution < 1.29 is 9.53 Å². The maximum absolute atomic E-state index is 12.6. The smallest absolute Gasteiger partial charge is 0.274 e. The summed E-state index contributed by atoms with van der Waals surface area (Å²) in [6.07, 6.45) is 1.83. The molecular formula is C17H17N3O2. The lowest BCUT2D eigenvalue weighted by Gasteiger charge is -2.11. The highest BCUT2D eigenvalue weighted by Gasteiger charge is 2.17. The topological polar surface area (TPSA) is 55.6 Å². The van der Waals surface area contributed by atoms with E-state index in [4.69, 9.17) is 4.74 Å². The molecule has 0 aliphatic rings. The van der Waals surface area contributed by atoms with Gasteiger partial charge in [-0.15, -0.1) is 0 Å². The highest BCUT2D eigenvalue weighted by molar-refractivity contribution is 6.05. The van der Waals surface area contributed by atoms with Crippen LogP contribution in [0.4, 0.5) is 5.69 Å². The summed E-state index contributed by atoms with van der Waals surface area (Å²) in [6.45, 7) is 4.28. The van der Waals surface area contributed by atoms with Crippen molar-refractivity contribution in [2.75, 3.05) is 11.9 Å². The van der Waals surface area contributed by atoms with Gasteiger partial charge in [0.2, 0.25) is 0 Å². The molecule has 0 aliphatic heterocycles. The van der Waals surface area contributed by atoms with Crippen LogP contribution in [0, 0.1) is 6.92 Å². The average molecular weight is 295 g/mol. The second kappa shape index (κ2) is 5.89. The first kappa shape index (κ1) is 14.1. The number of anilines is 1. The van der Waals surface area contributed by atoms with Crippen molar-refractivity contribution in [3.63, 3.8) is 0 Å². The molecule has 5 heteroatoms. The summed E-state index contributed by atoms with van der Waals surface area (Å²) in [5.41, 5.74) is 2.63. The summed E-state index contributed by atoms with van der Waals surface area (Å²) < 4.78 is 7.32. The molecule has 22 heavy (non-hydrogen) atoms. The summed E-state index contributed by atoms with van der Waals surface area (Å²) in [5.74, 6) is 0.452. The van der Waals surface area contributed by atoms with E-state index in [1.54, 1.807) is 4.40 Å². The molecule has 3 aromatic rings. The summed E-state index contributed by atoms with van der Waals surface area (Å²) in [5, 5.41) is 2.91. The van der Waals surface area contributed by atoms with Crippen molar-refractivity contribution in [1.82, 2.24) is 9.38 Å². The maximum Gasteiger partial charge on any atom is 0.274 e. The number of imidazole rings is 1. The van der Waals surface area contributed by atoms with Crippen LogP contribution in [0.1, 0.15) is 23.1 Å². The van der Waals surface area contributed by atoms with Crippen LogP contribution in [-0.4, -0.2) is 21.9 Å². The second-order valence-electron chi connectivity index (χ2n) is 4.86. The van der Waals surface area contributed by atoms with Crippen LogP contribution in [0.5, 0.6) is 5.75 Å². The van der Waals surface area contributed by atoms with Crippen LogP contribution >= 0.6 is 0 Å². The fraction of sp³-hybridized carbons (Fsp3) is 0.176. The molecule has 0 spiro atoms. The number of carbonyl (C=O) groups excluding carboxylic acids is 1. The highest BCUT2D eigenvalue weighted by atomic mass is 16.5. The quantitative estimate of drug-likeness (QED) is 0.803. The first-order valence-electron chi connectivity index (χ1n) is 7.17. The number of amides is 1. The average Bonchev–Trinajstić information content (AvgIpc) is 2.85. The predicted molar refractivity (Wildman–Crippen MR) is 85.5 cm³/mol. The molecule has 0 radical (unpaired) electrons. The first-order valence-corrected chi connectivity index (χ1v) is 7.17. The predicted octanol–water partition coefficient (Wildman–Crippen LogP) is 3.29. The Bertz CT molecular complexity index is 824. The van der Waals surface area contributed by atoms with Gasteiger partial charge in [-0.25, -0.2) is 4.98 Å². The zero-order chi connectivity index (χ0) is 15.5. The van der Waals surface area contributed by atoms with Gasteiger partial charge in [0.1, 0.15) is 17.1 Å². The van der Waals surface area contributed by atoms with E-state index in [-0.39, 0.29) is 5.91 Å². The van der Waals surface area contributed by atoms with Gasteiger partial charge in [0.05, 0.1) is 18.0 Å². The van der Waals surface area contributed by atoms with Crippen molar-refractivity contribution in [3.05, 3.63) is 60.0 Å². The van der Waals surface area contributed by atoms with Crippen LogP contribution in [0.2, 0.25) is 0 Å². The Morgan fingerprint density at radius 3 is 2.82 bits per heavy atom. The van der Waals surface area contributed by atoms with E-state index in [2.05, 4.69) is 10.3 Å². The number of ether oxygens (including phenoxy) is 1. The lowest BCUT2D eigenvalue weighted by atomic mass is 10.2. The number of nitrogens with zero attached hydrogens (tertiary/aromatic N) is 2. The van der Waals surface area contributed by atoms with Crippen LogP contribution in [0.25, 0.3) is 5.65 Å². The van der Waals surface area contributed by atoms with Crippen LogP contribution in [-0.2, 0) is 0 Å². The molecule has 0 saturated carbocycles. The number of rotatable bonds is 4. The second-order valence-corrected chi connectivity index (χ2v) is 4.86. The van der Waals surface area contributed by atoms with Crippen molar-refractivity contribution in [2.24, 2.45) is 0 Å². The zero-order valence-corrected chi connectivity index (χ0v) is 12.5. The van der Waals surface area contributed by atoms with Crippen LogP contribution in [0.3, 0.4) is 0 Å². The number of fused-ring (bicyclic) bond motifs is 1. The molecule has 1 N–H and O–H groups in total. The molecule has 0 aliphatic carbocycles. The van der Waals surface area contributed by atoms with Gasteiger partial charge in [-0.2, -0.15) is 0 Å². The number of carbonyl (C=O) groups is 1. The largest absolute Gasteiger partial charge is 0.492 e. The number of hydrogen-bond donors (Lipinski definition) is 1. The molecular weight excluding hydrogens is 278 g/mol. The molecule has 0 atom stereocenters. The summed E-state index contributed by atoms with van der Waals surface area (Å²) in [4.78, 5) is 17.0. The normalized spacial score (nSPS) is 10.6. The Hall–Kier alpha value is -2.82. The lowest BCUT2D eigenvalue weighted by Crippen LogP contribution is -2.16. The molecule has 112 valence electrons. The molecule has 1 amide bonds. The first-order chi connectivity index (χ1) is 10.7. The van der Waals surface area contributed by atoms with Crippen LogP contribution in [0.15, 0.2) is 48.7 Å². The molecule has 0 bridgehead atoms. The molecule has 2 heterocycles. The van der Waals surface area contributed by atoms with Gasteiger partial charge < -0.3 is 10.1 Å². The third-order valence-electron chi connectivity index (χ3n) is 3.35. The minimum absolute atomic E-state index is 0.205. The molecule has 1 aromatic carbocycles. The zero-order valence-electron chi connectivity index (χ0n) is 12.5. The lowest BCUT2D eigenvalue weighted by molar-refractivity contribution is 0.102.